The van der Waals surface area contributed by atoms with Crippen LogP contribution < -0.4 is 5.43 Å². The third-order valence-corrected chi connectivity index (χ3v) is 3.51. The van der Waals surface area contributed by atoms with Crippen molar-refractivity contribution < 1.29 is 9.72 Å². The van der Waals surface area contributed by atoms with Crippen molar-refractivity contribution in [2.75, 3.05) is 0 Å². The van der Waals surface area contributed by atoms with Gasteiger partial charge in [0.25, 0.3) is 5.69 Å². The molecule has 0 bridgehead atoms. The van der Waals surface area contributed by atoms with Crippen molar-refractivity contribution in [2.45, 2.75) is 6.42 Å². The molecule has 7 heteroatoms. The molecule has 0 aliphatic rings. The van der Waals surface area contributed by atoms with E-state index in [0.29, 0.717) is 5.56 Å². The first-order valence-corrected chi connectivity index (χ1v) is 7.25. The third kappa shape index (κ3) is 3.46. The van der Waals surface area contributed by atoms with Crippen LogP contribution in [0.2, 0.25) is 0 Å². The summed E-state index contributed by atoms with van der Waals surface area (Å²) in [4.78, 5) is 25.3. The van der Waals surface area contributed by atoms with Gasteiger partial charge in [-0.15, -0.1) is 0 Å². The molecule has 1 aromatic heterocycles. The van der Waals surface area contributed by atoms with Crippen molar-refractivity contribution >= 4 is 28.7 Å². The van der Waals surface area contributed by atoms with Crippen LogP contribution in [0.15, 0.2) is 59.8 Å². The molecule has 7 nitrogen and oxygen atoms in total. The molecule has 0 unspecified atom stereocenters. The predicted molar refractivity (Wildman–Crippen MR) is 90.8 cm³/mol. The number of hydrogen-bond donors (Lipinski definition) is 2. The zero-order valence-electron chi connectivity index (χ0n) is 12.6. The number of hydrogen-bond acceptors (Lipinski definition) is 4. The number of hydrazone groups is 1. The summed E-state index contributed by atoms with van der Waals surface area (Å²) >= 11 is 0. The fourth-order valence-electron chi connectivity index (χ4n) is 2.39. The van der Waals surface area contributed by atoms with Gasteiger partial charge in [0.05, 0.1) is 17.6 Å². The second kappa shape index (κ2) is 6.74. The van der Waals surface area contributed by atoms with E-state index >= 15 is 0 Å². The topological polar surface area (TPSA) is 100 Å². The van der Waals surface area contributed by atoms with Crippen molar-refractivity contribution in [1.82, 2.24) is 10.4 Å². The van der Waals surface area contributed by atoms with Gasteiger partial charge in [-0.1, -0.05) is 30.3 Å². The minimum absolute atomic E-state index is 0.0240. The molecule has 0 radical (unpaired) electrons. The van der Waals surface area contributed by atoms with E-state index in [-0.39, 0.29) is 18.0 Å². The SMILES string of the molecule is O=C(Cc1c[nH]c2ccccc12)N/N=C/c1cccc([N+](=O)[O-])c1. The number of carbonyl (C=O) groups excluding carboxylic acids is 1. The number of nitro groups is 1. The maximum Gasteiger partial charge on any atom is 0.270 e. The van der Waals surface area contributed by atoms with Gasteiger partial charge in [-0.2, -0.15) is 5.10 Å². The largest absolute Gasteiger partial charge is 0.361 e. The van der Waals surface area contributed by atoms with E-state index < -0.39 is 4.92 Å². The Labute approximate surface area is 137 Å². The molecule has 0 aliphatic carbocycles. The number of para-hydroxylation sites is 1. The molecule has 0 fully saturated rings. The molecule has 0 aliphatic heterocycles. The molecule has 24 heavy (non-hydrogen) atoms. The predicted octanol–water partition coefficient (Wildman–Crippen LogP) is 2.77. The summed E-state index contributed by atoms with van der Waals surface area (Å²) in [5.41, 5.74) is 4.80. The number of benzene rings is 2. The standard InChI is InChI=1S/C17H14N4O3/c22-17(9-13-11-18-16-7-2-1-6-15(13)16)20-19-10-12-4-3-5-14(8-12)21(23)24/h1-8,10-11,18H,9H2,(H,20,22)/b19-10+. The van der Waals surface area contributed by atoms with Gasteiger partial charge >= 0.3 is 0 Å². The van der Waals surface area contributed by atoms with E-state index in [9.17, 15) is 14.9 Å². The minimum Gasteiger partial charge on any atom is -0.361 e. The molecule has 3 aromatic rings. The summed E-state index contributed by atoms with van der Waals surface area (Å²) in [7, 11) is 0. The zero-order chi connectivity index (χ0) is 16.9. The number of nitro benzene ring substituents is 1. The summed E-state index contributed by atoms with van der Waals surface area (Å²) < 4.78 is 0. The molecule has 2 N–H and O–H groups in total. The number of rotatable bonds is 5. The van der Waals surface area contributed by atoms with Crippen LogP contribution >= 0.6 is 0 Å². The lowest BCUT2D eigenvalue weighted by molar-refractivity contribution is -0.384. The molecular formula is C17H14N4O3. The molecule has 1 heterocycles. The number of amides is 1. The van der Waals surface area contributed by atoms with E-state index in [4.69, 9.17) is 0 Å². The van der Waals surface area contributed by atoms with Gasteiger partial charge in [-0.25, -0.2) is 5.43 Å². The molecule has 120 valence electrons. The quantitative estimate of drug-likeness (QED) is 0.429. The smallest absolute Gasteiger partial charge is 0.270 e. The molecule has 0 saturated heterocycles. The highest BCUT2D eigenvalue weighted by Gasteiger charge is 2.08. The lowest BCUT2D eigenvalue weighted by atomic mass is 10.1. The summed E-state index contributed by atoms with van der Waals surface area (Å²) in [5.74, 6) is -0.263. The summed E-state index contributed by atoms with van der Waals surface area (Å²) in [6, 6.07) is 13.7. The number of nitrogens with one attached hydrogen (secondary N) is 2. The van der Waals surface area contributed by atoms with Crippen LogP contribution in [0.1, 0.15) is 11.1 Å². The van der Waals surface area contributed by atoms with Crippen LogP contribution in [0, 0.1) is 10.1 Å². The van der Waals surface area contributed by atoms with Crippen molar-refractivity contribution in [3.8, 4) is 0 Å². The van der Waals surface area contributed by atoms with E-state index in [0.717, 1.165) is 16.5 Å². The molecule has 3 rings (SSSR count). The highest BCUT2D eigenvalue weighted by Crippen LogP contribution is 2.18. The van der Waals surface area contributed by atoms with Crippen LogP contribution in [-0.4, -0.2) is 22.0 Å². The van der Waals surface area contributed by atoms with E-state index in [2.05, 4.69) is 15.5 Å². The Morgan fingerprint density at radius 1 is 1.25 bits per heavy atom. The lowest BCUT2D eigenvalue weighted by Gasteiger charge is -1.99. The Bertz CT molecular complexity index is 930. The highest BCUT2D eigenvalue weighted by atomic mass is 16.6. The number of aromatic nitrogens is 1. The van der Waals surface area contributed by atoms with Crippen LogP contribution in [0.3, 0.4) is 0 Å². The van der Waals surface area contributed by atoms with Crippen LogP contribution in [0.25, 0.3) is 10.9 Å². The molecule has 0 spiro atoms. The highest BCUT2D eigenvalue weighted by molar-refractivity contribution is 5.89. The molecule has 0 atom stereocenters. The Morgan fingerprint density at radius 2 is 2.08 bits per heavy atom. The van der Waals surface area contributed by atoms with E-state index in [1.165, 1.54) is 18.3 Å². The van der Waals surface area contributed by atoms with Gasteiger partial charge in [0, 0.05) is 34.8 Å². The number of fused-ring (bicyclic) bond motifs is 1. The van der Waals surface area contributed by atoms with Gasteiger partial charge in [-0.05, 0) is 11.6 Å². The Kier molecular flexibility index (Phi) is 4.33. The normalized spacial score (nSPS) is 11.0. The second-order valence-electron chi connectivity index (χ2n) is 5.18. The third-order valence-electron chi connectivity index (χ3n) is 3.51. The van der Waals surface area contributed by atoms with Gasteiger partial charge in [0.2, 0.25) is 5.91 Å². The number of nitrogens with zero attached hydrogens (tertiary/aromatic N) is 2. The second-order valence-corrected chi connectivity index (χ2v) is 5.18. The van der Waals surface area contributed by atoms with Crippen molar-refractivity contribution in [3.05, 3.63) is 76.0 Å². The van der Waals surface area contributed by atoms with Crippen molar-refractivity contribution in [1.29, 1.82) is 0 Å². The molecular weight excluding hydrogens is 308 g/mol. The lowest BCUT2D eigenvalue weighted by Crippen LogP contribution is -2.19. The summed E-state index contributed by atoms with van der Waals surface area (Å²) in [6.45, 7) is 0. The van der Waals surface area contributed by atoms with Crippen molar-refractivity contribution in [2.24, 2.45) is 5.10 Å². The first-order valence-electron chi connectivity index (χ1n) is 7.25. The molecule has 0 saturated carbocycles. The van der Waals surface area contributed by atoms with E-state index in [1.54, 1.807) is 18.3 Å². The average molecular weight is 322 g/mol. The van der Waals surface area contributed by atoms with Gasteiger partial charge in [0.1, 0.15) is 0 Å². The van der Waals surface area contributed by atoms with Gasteiger partial charge in [0.15, 0.2) is 0 Å². The van der Waals surface area contributed by atoms with Crippen molar-refractivity contribution in [3.63, 3.8) is 0 Å². The maximum atomic E-state index is 12.0. The Hall–Kier alpha value is -3.48. The van der Waals surface area contributed by atoms with Crippen LogP contribution in [0.5, 0.6) is 0 Å². The first kappa shape index (κ1) is 15.4. The molecule has 1 amide bonds. The number of H-pyrrole nitrogens is 1. The fraction of sp³-hybridized carbons (Fsp3) is 0.0588. The van der Waals surface area contributed by atoms with Gasteiger partial charge < -0.3 is 4.98 Å². The number of non-ortho nitro benzene ring substituents is 1. The number of aromatic amines is 1. The van der Waals surface area contributed by atoms with E-state index in [1.807, 2.05) is 24.3 Å². The summed E-state index contributed by atoms with van der Waals surface area (Å²) in [6.07, 6.45) is 3.37. The first-order chi connectivity index (χ1) is 11.6. The van der Waals surface area contributed by atoms with Crippen LogP contribution in [-0.2, 0) is 11.2 Å². The number of carbonyl (C=O) groups is 1. The minimum atomic E-state index is -0.479. The fourth-order valence-corrected chi connectivity index (χ4v) is 2.39. The average Bonchev–Trinajstić information content (AvgIpc) is 2.98. The van der Waals surface area contributed by atoms with Gasteiger partial charge in [-0.3, -0.25) is 14.9 Å². The monoisotopic (exact) mass is 322 g/mol. The Balaban J connectivity index is 1.63. The zero-order valence-corrected chi connectivity index (χ0v) is 12.6. The summed E-state index contributed by atoms with van der Waals surface area (Å²) in [5, 5.41) is 15.5. The van der Waals surface area contributed by atoms with Crippen LogP contribution in [0.4, 0.5) is 5.69 Å². The molecule has 2 aromatic carbocycles. The maximum absolute atomic E-state index is 12.0. The Morgan fingerprint density at radius 3 is 2.92 bits per heavy atom.